The number of aromatic nitrogens is 2. The smallest absolute Gasteiger partial charge is 0.248 e. The van der Waals surface area contributed by atoms with Crippen molar-refractivity contribution in [2.24, 2.45) is 5.73 Å². The fourth-order valence-corrected chi connectivity index (χ4v) is 4.08. The maximum Gasteiger partial charge on any atom is 0.248 e. The van der Waals surface area contributed by atoms with Crippen LogP contribution in [-0.2, 0) is 9.84 Å². The van der Waals surface area contributed by atoms with Crippen LogP contribution in [0.1, 0.15) is 35.7 Å². The molecular weight excluding hydrogens is 278 g/mol. The standard InChI is InChI=1S/C13H15N3O3S/c14-11(9-4-2-1-3-5-9)13-15-12(16-19-13)10-6-7-20(17,18)8-10/h1-5,10-11H,6-8,14H2/t10?,11-/m0/s1. The molecule has 1 fully saturated rings. The fraction of sp³-hybridized carbons (Fsp3) is 0.385. The molecule has 3 rings (SSSR count). The van der Waals surface area contributed by atoms with Crippen molar-refractivity contribution in [3.8, 4) is 0 Å². The summed E-state index contributed by atoms with van der Waals surface area (Å²) in [5, 5.41) is 3.88. The Morgan fingerprint density at radius 2 is 2.05 bits per heavy atom. The average Bonchev–Trinajstić information content (AvgIpc) is 3.05. The van der Waals surface area contributed by atoms with Crippen LogP contribution < -0.4 is 5.73 Å². The Bertz CT molecular complexity index is 697. The van der Waals surface area contributed by atoms with Crippen molar-refractivity contribution >= 4 is 9.84 Å². The highest BCUT2D eigenvalue weighted by Gasteiger charge is 2.32. The molecule has 106 valence electrons. The second kappa shape index (κ2) is 4.99. The summed E-state index contributed by atoms with van der Waals surface area (Å²) in [5.74, 6) is 0.849. The van der Waals surface area contributed by atoms with Crippen LogP contribution in [0.25, 0.3) is 0 Å². The summed E-state index contributed by atoms with van der Waals surface area (Å²) >= 11 is 0. The van der Waals surface area contributed by atoms with Crippen molar-refractivity contribution in [3.05, 3.63) is 47.6 Å². The minimum Gasteiger partial charge on any atom is -0.337 e. The van der Waals surface area contributed by atoms with E-state index in [1.807, 2.05) is 30.3 Å². The quantitative estimate of drug-likeness (QED) is 0.907. The molecule has 1 aromatic heterocycles. The van der Waals surface area contributed by atoms with Gasteiger partial charge in [-0.15, -0.1) is 0 Å². The van der Waals surface area contributed by atoms with Crippen molar-refractivity contribution < 1.29 is 12.9 Å². The van der Waals surface area contributed by atoms with Gasteiger partial charge in [-0.25, -0.2) is 8.42 Å². The minimum absolute atomic E-state index is 0.0898. The van der Waals surface area contributed by atoms with Gasteiger partial charge in [0.1, 0.15) is 6.04 Å². The van der Waals surface area contributed by atoms with Gasteiger partial charge in [-0.3, -0.25) is 0 Å². The molecule has 2 N–H and O–H groups in total. The Morgan fingerprint density at radius 3 is 2.70 bits per heavy atom. The topological polar surface area (TPSA) is 99.1 Å². The number of benzene rings is 1. The lowest BCUT2D eigenvalue weighted by molar-refractivity contribution is 0.360. The van der Waals surface area contributed by atoms with Gasteiger partial charge in [0, 0.05) is 5.92 Å². The summed E-state index contributed by atoms with van der Waals surface area (Å²) in [7, 11) is -2.96. The van der Waals surface area contributed by atoms with Gasteiger partial charge in [0.15, 0.2) is 15.7 Å². The van der Waals surface area contributed by atoms with E-state index < -0.39 is 15.9 Å². The zero-order valence-electron chi connectivity index (χ0n) is 10.8. The lowest BCUT2D eigenvalue weighted by Gasteiger charge is -2.05. The van der Waals surface area contributed by atoms with Gasteiger partial charge < -0.3 is 10.3 Å². The van der Waals surface area contributed by atoms with Crippen molar-refractivity contribution in [3.63, 3.8) is 0 Å². The fourth-order valence-electron chi connectivity index (χ4n) is 2.34. The zero-order chi connectivity index (χ0) is 14.2. The average molecular weight is 293 g/mol. The second-order valence-corrected chi connectivity index (χ2v) is 7.21. The Morgan fingerprint density at radius 1 is 1.30 bits per heavy atom. The molecule has 0 radical (unpaired) electrons. The summed E-state index contributed by atoms with van der Waals surface area (Å²) in [6, 6.07) is 8.95. The van der Waals surface area contributed by atoms with E-state index in [2.05, 4.69) is 10.1 Å². The predicted octanol–water partition coefficient (Wildman–Crippen LogP) is 1.02. The third-order valence-electron chi connectivity index (χ3n) is 3.48. The summed E-state index contributed by atoms with van der Waals surface area (Å²) < 4.78 is 28.1. The van der Waals surface area contributed by atoms with Gasteiger partial charge in [-0.05, 0) is 12.0 Å². The molecule has 0 amide bonds. The molecule has 0 aliphatic carbocycles. The van der Waals surface area contributed by atoms with E-state index in [-0.39, 0.29) is 17.4 Å². The zero-order valence-corrected chi connectivity index (χ0v) is 11.6. The van der Waals surface area contributed by atoms with E-state index >= 15 is 0 Å². The van der Waals surface area contributed by atoms with Gasteiger partial charge in [-0.2, -0.15) is 4.98 Å². The Kier molecular flexibility index (Phi) is 3.31. The first-order valence-corrected chi connectivity index (χ1v) is 8.22. The molecule has 1 aliphatic heterocycles. The Hall–Kier alpha value is -1.73. The van der Waals surface area contributed by atoms with Gasteiger partial charge >= 0.3 is 0 Å². The van der Waals surface area contributed by atoms with Crippen molar-refractivity contribution in [2.45, 2.75) is 18.4 Å². The third-order valence-corrected chi connectivity index (χ3v) is 5.25. The highest BCUT2D eigenvalue weighted by Crippen LogP contribution is 2.28. The minimum atomic E-state index is -2.96. The van der Waals surface area contributed by atoms with Crippen molar-refractivity contribution in [2.75, 3.05) is 11.5 Å². The van der Waals surface area contributed by atoms with Crippen LogP contribution in [0, 0.1) is 0 Å². The third kappa shape index (κ3) is 2.59. The molecule has 2 aromatic rings. The largest absolute Gasteiger partial charge is 0.337 e. The molecule has 2 heterocycles. The number of nitrogens with zero attached hydrogens (tertiary/aromatic N) is 2. The molecule has 1 aromatic carbocycles. The van der Waals surface area contributed by atoms with Crippen LogP contribution in [0.2, 0.25) is 0 Å². The van der Waals surface area contributed by atoms with Gasteiger partial charge in [0.05, 0.1) is 11.5 Å². The van der Waals surface area contributed by atoms with E-state index in [4.69, 9.17) is 10.3 Å². The van der Waals surface area contributed by atoms with Crippen LogP contribution in [-0.4, -0.2) is 30.1 Å². The van der Waals surface area contributed by atoms with Gasteiger partial charge in [0.25, 0.3) is 0 Å². The Labute approximate surface area is 116 Å². The molecule has 0 spiro atoms. The van der Waals surface area contributed by atoms with Crippen LogP contribution in [0.5, 0.6) is 0 Å². The van der Waals surface area contributed by atoms with E-state index in [1.165, 1.54) is 0 Å². The van der Waals surface area contributed by atoms with Crippen molar-refractivity contribution in [1.29, 1.82) is 0 Å². The van der Waals surface area contributed by atoms with Crippen molar-refractivity contribution in [1.82, 2.24) is 10.1 Å². The highest BCUT2D eigenvalue weighted by atomic mass is 32.2. The van der Waals surface area contributed by atoms with E-state index in [0.29, 0.717) is 18.1 Å². The normalized spacial score (nSPS) is 22.8. The monoisotopic (exact) mass is 293 g/mol. The van der Waals surface area contributed by atoms with E-state index in [1.54, 1.807) is 0 Å². The molecule has 0 bridgehead atoms. The molecule has 7 heteroatoms. The highest BCUT2D eigenvalue weighted by molar-refractivity contribution is 7.91. The van der Waals surface area contributed by atoms with Crippen LogP contribution >= 0.6 is 0 Å². The summed E-state index contributed by atoms with van der Waals surface area (Å²) in [6.07, 6.45) is 0.544. The maximum absolute atomic E-state index is 11.5. The molecule has 20 heavy (non-hydrogen) atoms. The van der Waals surface area contributed by atoms with E-state index in [0.717, 1.165) is 5.56 Å². The first-order valence-electron chi connectivity index (χ1n) is 6.39. The molecular formula is C13H15N3O3S. The maximum atomic E-state index is 11.5. The summed E-state index contributed by atoms with van der Waals surface area (Å²) in [4.78, 5) is 4.27. The lowest BCUT2D eigenvalue weighted by Crippen LogP contribution is -2.12. The van der Waals surface area contributed by atoms with Gasteiger partial charge in [-0.1, -0.05) is 35.5 Å². The van der Waals surface area contributed by atoms with Crippen LogP contribution in [0.15, 0.2) is 34.9 Å². The van der Waals surface area contributed by atoms with Crippen LogP contribution in [0.4, 0.5) is 0 Å². The SMILES string of the molecule is N[C@@H](c1ccccc1)c1nc(C2CCS(=O)(=O)C2)no1. The summed E-state index contributed by atoms with van der Waals surface area (Å²) in [5.41, 5.74) is 6.94. The number of nitrogens with two attached hydrogens (primary N) is 1. The molecule has 0 saturated carbocycles. The molecule has 1 unspecified atom stereocenters. The van der Waals surface area contributed by atoms with Gasteiger partial charge in [0.2, 0.25) is 5.89 Å². The predicted molar refractivity (Wildman–Crippen MR) is 72.8 cm³/mol. The van der Waals surface area contributed by atoms with E-state index in [9.17, 15) is 8.42 Å². The number of rotatable bonds is 3. The first-order chi connectivity index (χ1) is 9.55. The second-order valence-electron chi connectivity index (χ2n) is 4.98. The lowest BCUT2D eigenvalue weighted by atomic mass is 10.1. The molecule has 6 nitrogen and oxygen atoms in total. The number of hydrogen-bond donors (Lipinski definition) is 1. The molecule has 2 atom stereocenters. The molecule has 1 aliphatic rings. The molecule has 1 saturated heterocycles. The summed E-state index contributed by atoms with van der Waals surface area (Å²) in [6.45, 7) is 0. The first kappa shape index (κ1) is 13.3. The number of sulfone groups is 1. The number of hydrogen-bond acceptors (Lipinski definition) is 6. The Balaban J connectivity index is 1.81. The van der Waals surface area contributed by atoms with Crippen LogP contribution in [0.3, 0.4) is 0 Å².